The highest BCUT2D eigenvalue weighted by atomic mass is 16.2. The molecule has 14 heavy (non-hydrogen) atoms. The fourth-order valence-electron chi connectivity index (χ4n) is 1.75. The minimum atomic E-state index is -0.514. The van der Waals surface area contributed by atoms with Crippen LogP contribution >= 0.6 is 0 Å². The molecule has 0 radical (unpaired) electrons. The summed E-state index contributed by atoms with van der Waals surface area (Å²) >= 11 is 0. The van der Waals surface area contributed by atoms with Crippen molar-refractivity contribution >= 4 is 17.6 Å². The highest BCUT2D eigenvalue weighted by Gasteiger charge is 2.40. The Labute approximate surface area is 83.3 Å². The van der Waals surface area contributed by atoms with E-state index in [1.165, 1.54) is 6.92 Å². The predicted molar refractivity (Wildman–Crippen MR) is 50.4 cm³/mol. The van der Waals surface area contributed by atoms with Crippen molar-refractivity contribution in [2.24, 2.45) is 5.92 Å². The van der Waals surface area contributed by atoms with Crippen LogP contribution in [0.25, 0.3) is 0 Å². The van der Waals surface area contributed by atoms with Gasteiger partial charge in [-0.15, -0.1) is 0 Å². The third-order valence-electron chi connectivity index (χ3n) is 2.31. The van der Waals surface area contributed by atoms with Crippen LogP contribution in [0, 0.1) is 5.92 Å². The first-order valence-electron chi connectivity index (χ1n) is 4.78. The molecule has 0 aliphatic carbocycles. The first kappa shape index (κ1) is 10.9. The number of imide groups is 1. The van der Waals surface area contributed by atoms with Gasteiger partial charge in [-0.1, -0.05) is 13.8 Å². The Morgan fingerprint density at radius 3 is 2.50 bits per heavy atom. The van der Waals surface area contributed by atoms with E-state index in [0.29, 0.717) is 12.3 Å². The van der Waals surface area contributed by atoms with E-state index in [4.69, 9.17) is 0 Å². The van der Waals surface area contributed by atoms with Gasteiger partial charge in [0.2, 0.25) is 11.8 Å². The second kappa shape index (κ2) is 3.90. The van der Waals surface area contributed by atoms with Gasteiger partial charge in [0.1, 0.15) is 0 Å². The molecule has 4 heteroatoms. The lowest BCUT2D eigenvalue weighted by Crippen LogP contribution is -2.39. The number of Topliss-reactive ketones (excluding diaryl/α,β-unsaturated/α-hetero) is 1. The van der Waals surface area contributed by atoms with Gasteiger partial charge in [0.25, 0.3) is 0 Å². The largest absolute Gasteiger partial charge is 0.297 e. The zero-order chi connectivity index (χ0) is 10.9. The smallest absolute Gasteiger partial charge is 0.237 e. The summed E-state index contributed by atoms with van der Waals surface area (Å²) in [5, 5.41) is 0. The lowest BCUT2D eigenvalue weighted by atomic mass is 10.0. The summed E-state index contributed by atoms with van der Waals surface area (Å²) in [5.41, 5.74) is 0. The Kier molecular flexibility index (Phi) is 3.03. The first-order valence-corrected chi connectivity index (χ1v) is 4.78. The topological polar surface area (TPSA) is 54.5 Å². The number of hydrogen-bond acceptors (Lipinski definition) is 3. The lowest BCUT2D eigenvalue weighted by Gasteiger charge is -2.21. The molecule has 1 unspecified atom stereocenters. The van der Waals surface area contributed by atoms with Gasteiger partial charge in [0.15, 0.2) is 5.78 Å². The lowest BCUT2D eigenvalue weighted by molar-refractivity contribution is -0.143. The van der Waals surface area contributed by atoms with E-state index in [9.17, 15) is 14.4 Å². The molecule has 0 aromatic rings. The van der Waals surface area contributed by atoms with E-state index < -0.39 is 6.04 Å². The average molecular weight is 197 g/mol. The van der Waals surface area contributed by atoms with E-state index in [0.717, 1.165) is 4.90 Å². The van der Waals surface area contributed by atoms with Crippen molar-refractivity contribution in [2.45, 2.75) is 39.7 Å². The molecule has 0 aromatic carbocycles. The maximum atomic E-state index is 11.4. The summed E-state index contributed by atoms with van der Waals surface area (Å²) in [5.74, 6) is -0.504. The molecule has 1 atom stereocenters. The van der Waals surface area contributed by atoms with Crippen LogP contribution in [0.1, 0.15) is 33.6 Å². The molecular formula is C10H15NO3. The van der Waals surface area contributed by atoms with Gasteiger partial charge in [0.05, 0.1) is 12.5 Å². The van der Waals surface area contributed by atoms with Crippen molar-refractivity contribution in [1.29, 1.82) is 0 Å². The van der Waals surface area contributed by atoms with Gasteiger partial charge >= 0.3 is 0 Å². The Bertz CT molecular complexity index is 283. The Balaban J connectivity index is 2.83. The summed E-state index contributed by atoms with van der Waals surface area (Å²) in [6.07, 6.45) is 0.459. The van der Waals surface area contributed by atoms with Gasteiger partial charge in [-0.2, -0.15) is 0 Å². The molecule has 1 aliphatic heterocycles. The Morgan fingerprint density at radius 2 is 2.07 bits per heavy atom. The van der Waals surface area contributed by atoms with Crippen molar-refractivity contribution in [1.82, 2.24) is 4.90 Å². The molecule has 0 saturated carbocycles. The van der Waals surface area contributed by atoms with E-state index >= 15 is 0 Å². The molecule has 2 amide bonds. The highest BCUT2D eigenvalue weighted by molar-refractivity contribution is 6.13. The van der Waals surface area contributed by atoms with E-state index in [-0.39, 0.29) is 24.0 Å². The third-order valence-corrected chi connectivity index (χ3v) is 2.31. The van der Waals surface area contributed by atoms with Crippen LogP contribution in [0.2, 0.25) is 0 Å². The molecule has 1 fully saturated rings. The molecule has 0 bridgehead atoms. The molecule has 1 saturated heterocycles. The number of hydrogen-bond donors (Lipinski definition) is 0. The van der Waals surface area contributed by atoms with Crippen LogP contribution in [-0.2, 0) is 14.4 Å². The van der Waals surface area contributed by atoms with Gasteiger partial charge in [0, 0.05) is 6.92 Å². The summed E-state index contributed by atoms with van der Waals surface area (Å²) in [6.45, 7) is 5.26. The molecule has 78 valence electrons. The van der Waals surface area contributed by atoms with Gasteiger partial charge in [-0.05, 0) is 12.3 Å². The fraction of sp³-hybridized carbons (Fsp3) is 0.700. The van der Waals surface area contributed by atoms with Crippen LogP contribution in [0.15, 0.2) is 0 Å². The van der Waals surface area contributed by atoms with Crippen LogP contribution < -0.4 is 0 Å². The minimum absolute atomic E-state index is 0.114. The summed E-state index contributed by atoms with van der Waals surface area (Å²) < 4.78 is 0. The summed E-state index contributed by atoms with van der Waals surface area (Å²) in [4.78, 5) is 35.0. The predicted octanol–water partition coefficient (Wildman–Crippen LogP) is 0.749. The van der Waals surface area contributed by atoms with Gasteiger partial charge in [-0.25, -0.2) is 0 Å². The zero-order valence-corrected chi connectivity index (χ0v) is 8.74. The molecule has 1 aliphatic rings. The van der Waals surface area contributed by atoms with E-state index in [1.807, 2.05) is 13.8 Å². The average Bonchev–Trinajstić information content (AvgIpc) is 2.25. The zero-order valence-electron chi connectivity index (χ0n) is 8.74. The molecule has 0 spiro atoms. The fourth-order valence-corrected chi connectivity index (χ4v) is 1.75. The van der Waals surface area contributed by atoms with Gasteiger partial charge < -0.3 is 0 Å². The Morgan fingerprint density at radius 1 is 1.50 bits per heavy atom. The highest BCUT2D eigenvalue weighted by Crippen LogP contribution is 2.21. The van der Waals surface area contributed by atoms with E-state index in [1.54, 1.807) is 0 Å². The summed E-state index contributed by atoms with van der Waals surface area (Å²) in [6, 6.07) is -0.514. The molecule has 0 aromatic heterocycles. The third kappa shape index (κ3) is 2.00. The second-order valence-corrected chi connectivity index (χ2v) is 4.07. The van der Waals surface area contributed by atoms with Crippen molar-refractivity contribution in [3.05, 3.63) is 0 Å². The number of likely N-dealkylation sites (tertiary alicyclic amines) is 1. The summed E-state index contributed by atoms with van der Waals surface area (Å²) in [7, 11) is 0. The molecular weight excluding hydrogens is 182 g/mol. The van der Waals surface area contributed by atoms with Crippen LogP contribution in [0.3, 0.4) is 0 Å². The molecule has 4 nitrogen and oxygen atoms in total. The number of nitrogens with zero attached hydrogens (tertiary/aromatic N) is 1. The number of rotatable bonds is 2. The van der Waals surface area contributed by atoms with Crippen molar-refractivity contribution in [2.75, 3.05) is 0 Å². The number of amides is 2. The van der Waals surface area contributed by atoms with Crippen molar-refractivity contribution in [3.63, 3.8) is 0 Å². The Hall–Kier alpha value is -1.19. The maximum Gasteiger partial charge on any atom is 0.237 e. The van der Waals surface area contributed by atoms with Crippen LogP contribution in [-0.4, -0.2) is 28.5 Å². The van der Waals surface area contributed by atoms with Crippen molar-refractivity contribution < 1.29 is 14.4 Å². The second-order valence-electron chi connectivity index (χ2n) is 4.07. The SMILES string of the molecule is CC(=O)N1C(=O)CC(=O)C1CC(C)C. The standard InChI is InChI=1S/C10H15NO3/c1-6(2)4-8-9(13)5-10(14)11(8)7(3)12/h6,8H,4-5H2,1-3H3. The van der Waals surface area contributed by atoms with Crippen LogP contribution in [0.5, 0.6) is 0 Å². The molecule has 1 rings (SSSR count). The monoisotopic (exact) mass is 197 g/mol. The van der Waals surface area contributed by atoms with E-state index in [2.05, 4.69) is 0 Å². The van der Waals surface area contributed by atoms with Gasteiger partial charge in [-0.3, -0.25) is 19.3 Å². The van der Waals surface area contributed by atoms with Crippen molar-refractivity contribution in [3.8, 4) is 0 Å². The first-order chi connectivity index (χ1) is 6.43. The molecule has 0 N–H and O–H groups in total. The quantitative estimate of drug-likeness (QED) is 0.614. The normalized spacial score (nSPS) is 22.3. The molecule has 1 heterocycles. The van der Waals surface area contributed by atoms with Crippen LogP contribution in [0.4, 0.5) is 0 Å². The number of carbonyl (C=O) groups excluding carboxylic acids is 3. The maximum absolute atomic E-state index is 11.4. The number of ketones is 1. The minimum Gasteiger partial charge on any atom is -0.297 e. The number of carbonyl (C=O) groups is 3.